The van der Waals surface area contributed by atoms with E-state index in [1.54, 1.807) is 19.1 Å². The Labute approximate surface area is 197 Å². The molecule has 2 atom stereocenters. The molecule has 0 amide bonds. The molecule has 0 saturated carbocycles. The lowest BCUT2D eigenvalue weighted by atomic mass is 9.83. The molecule has 2 fully saturated rings. The second-order valence-electron chi connectivity index (χ2n) is 8.88. The van der Waals surface area contributed by atoms with Crippen LogP contribution in [0.3, 0.4) is 0 Å². The quantitative estimate of drug-likeness (QED) is 0.569. The maximum Gasteiger partial charge on any atom is 0.229 e. The first-order valence-corrected chi connectivity index (χ1v) is 11.7. The van der Waals surface area contributed by atoms with Crippen molar-refractivity contribution in [2.75, 3.05) is 30.3 Å². The number of piperidine rings is 2. The van der Waals surface area contributed by atoms with Gasteiger partial charge in [-0.2, -0.15) is 14.9 Å². The van der Waals surface area contributed by atoms with Gasteiger partial charge in [-0.25, -0.2) is 9.37 Å². The maximum atomic E-state index is 14.5. The first-order valence-electron chi connectivity index (χ1n) is 11.7. The van der Waals surface area contributed by atoms with Crippen molar-refractivity contribution in [1.82, 2.24) is 35.1 Å². The number of aryl methyl sites for hydroxylation is 1. The zero-order valence-corrected chi connectivity index (χ0v) is 19.1. The Hall–Kier alpha value is -3.65. The molecule has 11 heteroatoms. The van der Waals surface area contributed by atoms with Crippen LogP contribution in [-0.4, -0.2) is 60.8 Å². The number of benzene rings is 1. The van der Waals surface area contributed by atoms with E-state index in [9.17, 15) is 9.65 Å². The van der Waals surface area contributed by atoms with Gasteiger partial charge in [-0.15, -0.1) is 5.10 Å². The van der Waals surface area contributed by atoms with Crippen molar-refractivity contribution < 1.29 is 4.39 Å². The summed E-state index contributed by atoms with van der Waals surface area (Å²) in [6.07, 6.45) is 7.60. The lowest BCUT2D eigenvalue weighted by molar-refractivity contribution is 0.0649. The number of hydrogen-bond donors (Lipinski definition) is 2. The van der Waals surface area contributed by atoms with Gasteiger partial charge in [0.05, 0.1) is 17.6 Å². The summed E-state index contributed by atoms with van der Waals surface area (Å²) in [7, 11) is 0. The van der Waals surface area contributed by atoms with Crippen molar-refractivity contribution in [2.45, 2.75) is 45.1 Å². The van der Waals surface area contributed by atoms with E-state index >= 15 is 0 Å². The topological polar surface area (TPSA) is 120 Å². The summed E-state index contributed by atoms with van der Waals surface area (Å²) >= 11 is 0. The molecule has 176 valence electrons. The number of halogens is 1. The highest BCUT2D eigenvalue weighted by Crippen LogP contribution is 2.31. The van der Waals surface area contributed by atoms with Crippen LogP contribution in [0.4, 0.5) is 21.8 Å². The van der Waals surface area contributed by atoms with Crippen molar-refractivity contribution >= 4 is 17.5 Å². The molecule has 2 saturated heterocycles. The molecule has 10 nitrogen and oxygen atoms in total. The Balaban J connectivity index is 1.33. The van der Waals surface area contributed by atoms with Crippen LogP contribution in [0.25, 0.3) is 5.69 Å². The van der Waals surface area contributed by atoms with Gasteiger partial charge in [0.15, 0.2) is 5.82 Å². The number of fused-ring (bicyclic) bond motifs is 1. The fourth-order valence-electron chi connectivity index (χ4n) is 5.03. The van der Waals surface area contributed by atoms with Crippen LogP contribution in [0.15, 0.2) is 24.4 Å². The third kappa shape index (κ3) is 4.54. The Kier molecular flexibility index (Phi) is 6.31. The van der Waals surface area contributed by atoms with E-state index in [1.165, 1.54) is 62.1 Å². The average Bonchev–Trinajstić information content (AvgIpc) is 3.30. The molecular weight excluding hydrogens is 435 g/mol. The fourth-order valence-corrected chi connectivity index (χ4v) is 5.03. The predicted octanol–water partition coefficient (Wildman–Crippen LogP) is 3.19. The van der Waals surface area contributed by atoms with Crippen LogP contribution in [0, 0.1) is 30.0 Å². The third-order valence-corrected chi connectivity index (χ3v) is 6.74. The standard InChI is InChI=1S/C23H27FN10/c1-15-30-31-32-34(15)18-7-8-19(24)20(11-18)28-23-27-14-17(12-25)22(29-23)26-13-16-5-4-10-33-9-3-2-6-21(16)33/h7-8,11,14,16,21H,2-6,9-10,13H2,1H3,(H2,26,27,28,29)/t16-,21+/m0/s1. The molecule has 0 bridgehead atoms. The summed E-state index contributed by atoms with van der Waals surface area (Å²) < 4.78 is 16.1. The highest BCUT2D eigenvalue weighted by Gasteiger charge is 2.32. The Bertz CT molecular complexity index is 1200. The van der Waals surface area contributed by atoms with E-state index < -0.39 is 5.82 Å². The minimum Gasteiger partial charge on any atom is -0.368 e. The first kappa shape index (κ1) is 22.2. The minimum atomic E-state index is -0.462. The zero-order valence-electron chi connectivity index (χ0n) is 19.1. The van der Waals surface area contributed by atoms with E-state index in [0.29, 0.717) is 34.9 Å². The van der Waals surface area contributed by atoms with Crippen LogP contribution in [0.1, 0.15) is 43.5 Å². The molecule has 0 radical (unpaired) electrons. The van der Waals surface area contributed by atoms with E-state index in [4.69, 9.17) is 0 Å². The van der Waals surface area contributed by atoms with Crippen molar-refractivity contribution in [3.63, 3.8) is 0 Å². The monoisotopic (exact) mass is 462 g/mol. The van der Waals surface area contributed by atoms with E-state index in [0.717, 1.165) is 6.54 Å². The second kappa shape index (κ2) is 9.69. The molecule has 34 heavy (non-hydrogen) atoms. The van der Waals surface area contributed by atoms with E-state index in [1.807, 2.05) is 0 Å². The number of hydrogen-bond acceptors (Lipinski definition) is 9. The summed E-state index contributed by atoms with van der Waals surface area (Å²) in [5.41, 5.74) is 1.15. The number of anilines is 3. The van der Waals surface area contributed by atoms with Gasteiger partial charge in [0.1, 0.15) is 23.3 Å². The second-order valence-corrected chi connectivity index (χ2v) is 8.88. The zero-order chi connectivity index (χ0) is 23.5. The molecule has 2 N–H and O–H groups in total. The van der Waals surface area contributed by atoms with Crippen LogP contribution >= 0.6 is 0 Å². The van der Waals surface area contributed by atoms with Crippen molar-refractivity contribution in [2.24, 2.45) is 5.92 Å². The van der Waals surface area contributed by atoms with Crippen molar-refractivity contribution in [3.8, 4) is 11.8 Å². The van der Waals surface area contributed by atoms with Crippen LogP contribution < -0.4 is 10.6 Å². The number of aromatic nitrogens is 6. The third-order valence-electron chi connectivity index (χ3n) is 6.74. The minimum absolute atomic E-state index is 0.188. The normalized spacial score (nSPS) is 20.4. The lowest BCUT2D eigenvalue weighted by Crippen LogP contribution is -2.49. The molecular formula is C23H27FN10. The van der Waals surface area contributed by atoms with Crippen molar-refractivity contribution in [3.05, 3.63) is 41.6 Å². The Morgan fingerprint density at radius 3 is 2.91 bits per heavy atom. The highest BCUT2D eigenvalue weighted by molar-refractivity contribution is 5.61. The summed E-state index contributed by atoms with van der Waals surface area (Å²) in [5, 5.41) is 27.3. The molecule has 0 unspecified atom stereocenters. The van der Waals surface area contributed by atoms with Crippen LogP contribution in [-0.2, 0) is 0 Å². The van der Waals surface area contributed by atoms with Gasteiger partial charge in [-0.05, 0) is 80.2 Å². The van der Waals surface area contributed by atoms with Crippen LogP contribution in [0.2, 0.25) is 0 Å². The van der Waals surface area contributed by atoms with Gasteiger partial charge in [-0.3, -0.25) is 0 Å². The summed E-state index contributed by atoms with van der Waals surface area (Å²) in [5.74, 6) is 1.30. The molecule has 2 aliphatic heterocycles. The number of tetrazole rings is 1. The van der Waals surface area contributed by atoms with E-state index in [-0.39, 0.29) is 11.6 Å². The number of nitrogens with one attached hydrogen (secondary N) is 2. The van der Waals surface area contributed by atoms with Crippen molar-refractivity contribution in [1.29, 1.82) is 5.26 Å². The SMILES string of the molecule is Cc1nnnn1-c1ccc(F)c(Nc2ncc(C#N)c(NC[C@@H]3CCCN4CCCC[C@H]34)n2)c1. The molecule has 2 aromatic heterocycles. The summed E-state index contributed by atoms with van der Waals surface area (Å²) in [6.45, 7) is 4.87. The molecule has 0 spiro atoms. The van der Waals surface area contributed by atoms with Gasteiger partial charge >= 0.3 is 0 Å². The van der Waals surface area contributed by atoms with Gasteiger partial charge in [-0.1, -0.05) is 6.42 Å². The molecule has 4 heterocycles. The van der Waals surface area contributed by atoms with Gasteiger partial charge in [0.25, 0.3) is 0 Å². The maximum absolute atomic E-state index is 14.5. The van der Waals surface area contributed by atoms with E-state index in [2.05, 4.69) is 47.1 Å². The Morgan fingerprint density at radius 1 is 1.21 bits per heavy atom. The smallest absolute Gasteiger partial charge is 0.229 e. The molecule has 3 aromatic rings. The Morgan fingerprint density at radius 2 is 2.09 bits per heavy atom. The summed E-state index contributed by atoms with van der Waals surface area (Å²) in [4.78, 5) is 11.3. The first-order chi connectivity index (χ1) is 16.6. The van der Waals surface area contributed by atoms with Gasteiger partial charge in [0.2, 0.25) is 5.95 Å². The molecule has 1 aromatic carbocycles. The highest BCUT2D eigenvalue weighted by atomic mass is 19.1. The van der Waals surface area contributed by atoms with Crippen LogP contribution in [0.5, 0.6) is 0 Å². The lowest BCUT2D eigenvalue weighted by Gasteiger charge is -2.44. The largest absolute Gasteiger partial charge is 0.368 e. The number of nitrogens with zero attached hydrogens (tertiary/aromatic N) is 8. The number of nitriles is 1. The molecule has 5 rings (SSSR count). The molecule has 2 aliphatic rings. The predicted molar refractivity (Wildman–Crippen MR) is 124 cm³/mol. The van der Waals surface area contributed by atoms with Gasteiger partial charge in [0, 0.05) is 12.6 Å². The molecule has 0 aliphatic carbocycles. The van der Waals surface area contributed by atoms with Gasteiger partial charge < -0.3 is 15.5 Å². The fraction of sp³-hybridized carbons (Fsp3) is 0.478. The average molecular weight is 463 g/mol. The summed E-state index contributed by atoms with van der Waals surface area (Å²) in [6, 6.07) is 7.26. The number of rotatable bonds is 6.